The molecule has 0 fully saturated rings. The van der Waals surface area contributed by atoms with Gasteiger partial charge in [0.1, 0.15) is 0 Å². The van der Waals surface area contributed by atoms with Crippen molar-refractivity contribution in [3.05, 3.63) is 78.9 Å². The van der Waals surface area contributed by atoms with E-state index < -0.39 is 31.8 Å². The number of hydrogen-bond acceptors (Lipinski definition) is 7. The quantitative estimate of drug-likeness (QED) is 0.405. The molecule has 0 heterocycles. The van der Waals surface area contributed by atoms with Gasteiger partial charge in [0.05, 0.1) is 14.8 Å². The number of hydrogen-bond donors (Lipinski definition) is 0. The zero-order valence-electron chi connectivity index (χ0n) is 11.8. The van der Waals surface area contributed by atoms with E-state index in [1.807, 2.05) is 6.07 Å². The Morgan fingerprint density at radius 1 is 0.652 bits per heavy atom. The molecule has 0 radical (unpaired) electrons. The number of para-hydroxylation sites is 2. The first-order chi connectivity index (χ1) is 10.3. The van der Waals surface area contributed by atoms with Crippen LogP contribution in [0, 0.1) is 30.3 Å². The average Bonchev–Trinajstić information content (AvgIpc) is 2.47. The zero-order valence-corrected chi connectivity index (χ0v) is 13.8. The normalized spacial score (nSPS) is 8.87. The molecular formula is C12H8N3NaO7. The average molecular weight is 329 g/mol. The summed E-state index contributed by atoms with van der Waals surface area (Å²) < 4.78 is 0. The molecule has 0 atom stereocenters. The van der Waals surface area contributed by atoms with Crippen LogP contribution in [0.3, 0.4) is 0 Å². The third kappa shape index (κ3) is 5.98. The molecule has 2 rings (SSSR count). The fraction of sp³-hybridized carbons (Fsp3) is 0. The van der Waals surface area contributed by atoms with Crippen LogP contribution in [0.15, 0.2) is 48.5 Å². The molecule has 2 aromatic rings. The summed E-state index contributed by atoms with van der Waals surface area (Å²) in [6, 6.07) is 11.0. The van der Waals surface area contributed by atoms with Crippen LogP contribution in [0.2, 0.25) is 0 Å². The van der Waals surface area contributed by atoms with Crippen LogP contribution in [0.1, 0.15) is 0 Å². The second-order valence-electron chi connectivity index (χ2n) is 3.73. The minimum Gasteiger partial charge on any atom is -0.872 e. The summed E-state index contributed by atoms with van der Waals surface area (Å²) >= 11 is 0. The van der Waals surface area contributed by atoms with Gasteiger partial charge in [-0.1, -0.05) is 30.3 Å². The Bertz CT molecular complexity index is 677. The predicted octanol–water partition coefficient (Wildman–Crippen LogP) is -0.825. The predicted molar refractivity (Wildman–Crippen MR) is 72.3 cm³/mol. The molecule has 0 unspecified atom stereocenters. The summed E-state index contributed by atoms with van der Waals surface area (Å²) in [5.74, 6) is 0.0718. The third-order valence-corrected chi connectivity index (χ3v) is 2.31. The summed E-state index contributed by atoms with van der Waals surface area (Å²) in [5, 5.41) is 41.5. The van der Waals surface area contributed by atoms with Crippen LogP contribution < -0.4 is 34.7 Å². The number of nitro benzene ring substituents is 3. The molecule has 0 saturated carbocycles. The van der Waals surface area contributed by atoms with E-state index in [-0.39, 0.29) is 35.3 Å². The van der Waals surface area contributed by atoms with Crippen molar-refractivity contribution < 1.29 is 49.4 Å². The number of nitro groups is 3. The van der Waals surface area contributed by atoms with Crippen LogP contribution >= 0.6 is 0 Å². The van der Waals surface area contributed by atoms with Gasteiger partial charge in [0.25, 0.3) is 0 Å². The maximum Gasteiger partial charge on any atom is 1.00 e. The van der Waals surface area contributed by atoms with Gasteiger partial charge >= 0.3 is 46.6 Å². The van der Waals surface area contributed by atoms with Gasteiger partial charge in [0.2, 0.25) is 0 Å². The second-order valence-corrected chi connectivity index (χ2v) is 3.73. The molecule has 0 aliphatic heterocycles. The first-order valence-corrected chi connectivity index (χ1v) is 5.63. The van der Waals surface area contributed by atoms with E-state index in [4.69, 9.17) is 0 Å². The summed E-state index contributed by atoms with van der Waals surface area (Å²) in [6.07, 6.45) is 0. The summed E-state index contributed by atoms with van der Waals surface area (Å²) in [7, 11) is 0. The van der Waals surface area contributed by atoms with Crippen molar-refractivity contribution in [3.63, 3.8) is 0 Å². The Morgan fingerprint density at radius 3 is 1.35 bits per heavy atom. The zero-order chi connectivity index (χ0) is 16.7. The maximum atomic E-state index is 10.4. The summed E-state index contributed by atoms with van der Waals surface area (Å²) in [6.45, 7) is 0. The molecule has 2 aromatic carbocycles. The standard InChI is InChI=1S/C6H3N3O6.C6H6O.Na/c10-7(11)4-2-1-3-5(8(12)13)6(4)9(14)15;7-6-4-2-1-3-5-6;/h1-3H;1-5,7H;/q;;+1/p-1. The molecule has 0 N–H and O–H groups in total. The van der Waals surface area contributed by atoms with E-state index in [0.717, 1.165) is 18.2 Å². The molecule has 0 aliphatic carbocycles. The van der Waals surface area contributed by atoms with E-state index >= 15 is 0 Å². The molecule has 0 aromatic heterocycles. The first-order valence-electron chi connectivity index (χ1n) is 5.63. The van der Waals surface area contributed by atoms with Gasteiger partial charge in [-0.2, -0.15) is 0 Å². The van der Waals surface area contributed by atoms with E-state index in [1.165, 1.54) is 12.1 Å². The maximum absolute atomic E-state index is 10.4. The number of rotatable bonds is 3. The molecule has 0 bridgehead atoms. The molecular weight excluding hydrogens is 321 g/mol. The molecule has 0 aliphatic rings. The van der Waals surface area contributed by atoms with Crippen LogP contribution in [0.4, 0.5) is 17.1 Å². The molecule has 114 valence electrons. The fourth-order valence-electron chi connectivity index (χ4n) is 1.42. The Kier molecular flexibility index (Phi) is 8.40. The molecule has 0 saturated heterocycles. The smallest absolute Gasteiger partial charge is 0.872 e. The van der Waals surface area contributed by atoms with Crippen molar-refractivity contribution in [1.29, 1.82) is 0 Å². The molecule has 10 nitrogen and oxygen atoms in total. The van der Waals surface area contributed by atoms with Gasteiger partial charge in [0, 0.05) is 12.1 Å². The molecule has 0 amide bonds. The van der Waals surface area contributed by atoms with E-state index in [9.17, 15) is 35.4 Å². The SMILES string of the molecule is O=[N+]([O-])c1cccc([N+](=O)[O-])c1[N+](=O)[O-].[Na+].[O-]c1ccccc1. The number of nitrogens with zero attached hydrogens (tertiary/aromatic N) is 3. The van der Waals surface area contributed by atoms with Gasteiger partial charge in [-0.25, -0.2) is 0 Å². The summed E-state index contributed by atoms with van der Waals surface area (Å²) in [4.78, 5) is 28.0. The van der Waals surface area contributed by atoms with Crippen LogP contribution in [-0.4, -0.2) is 14.8 Å². The van der Waals surface area contributed by atoms with E-state index in [0.29, 0.717) is 0 Å². The van der Waals surface area contributed by atoms with Gasteiger partial charge in [-0.05, 0) is 6.07 Å². The van der Waals surface area contributed by atoms with Gasteiger partial charge in [-0.3, -0.25) is 30.3 Å². The second kappa shape index (κ2) is 9.46. The minimum absolute atomic E-state index is 0. The van der Waals surface area contributed by atoms with Crippen LogP contribution in [0.5, 0.6) is 5.75 Å². The number of benzene rings is 2. The van der Waals surface area contributed by atoms with Crippen molar-refractivity contribution in [2.45, 2.75) is 0 Å². The first kappa shape index (κ1) is 20.4. The Balaban J connectivity index is 0.000000509. The molecule has 23 heavy (non-hydrogen) atoms. The largest absolute Gasteiger partial charge is 1.00 e. The van der Waals surface area contributed by atoms with Gasteiger partial charge in [0.15, 0.2) is 0 Å². The fourth-order valence-corrected chi connectivity index (χ4v) is 1.42. The molecule has 0 spiro atoms. The van der Waals surface area contributed by atoms with Crippen molar-refractivity contribution in [2.24, 2.45) is 0 Å². The van der Waals surface area contributed by atoms with E-state index in [1.54, 1.807) is 12.1 Å². The Hall–Kier alpha value is -2.56. The van der Waals surface area contributed by atoms with Gasteiger partial charge < -0.3 is 5.11 Å². The van der Waals surface area contributed by atoms with Crippen molar-refractivity contribution >= 4 is 17.1 Å². The summed E-state index contributed by atoms with van der Waals surface area (Å²) in [5.41, 5.74) is -2.89. The third-order valence-electron chi connectivity index (χ3n) is 2.31. The van der Waals surface area contributed by atoms with Crippen molar-refractivity contribution in [1.82, 2.24) is 0 Å². The topological polar surface area (TPSA) is 152 Å². The van der Waals surface area contributed by atoms with Crippen molar-refractivity contribution in [3.8, 4) is 5.75 Å². The minimum atomic E-state index is -1.14. The van der Waals surface area contributed by atoms with Gasteiger partial charge in [-0.15, -0.1) is 5.75 Å². The van der Waals surface area contributed by atoms with Crippen LogP contribution in [0.25, 0.3) is 0 Å². The van der Waals surface area contributed by atoms with E-state index in [2.05, 4.69) is 0 Å². The Morgan fingerprint density at radius 2 is 1.09 bits per heavy atom. The Labute approximate surface area is 151 Å². The van der Waals surface area contributed by atoms with Crippen molar-refractivity contribution in [2.75, 3.05) is 0 Å². The van der Waals surface area contributed by atoms with Crippen LogP contribution in [-0.2, 0) is 0 Å². The molecule has 11 heteroatoms. The monoisotopic (exact) mass is 329 g/mol.